The van der Waals surface area contributed by atoms with Crippen LogP contribution in [0.1, 0.15) is 29.8 Å². The summed E-state index contributed by atoms with van der Waals surface area (Å²) in [4.78, 5) is 36.4. The Labute approximate surface area is 174 Å². The number of hydrogen-bond donors (Lipinski definition) is 1. The van der Waals surface area contributed by atoms with E-state index in [1.54, 1.807) is 29.6 Å². The van der Waals surface area contributed by atoms with Crippen LogP contribution in [0, 0.1) is 0 Å². The Morgan fingerprint density at radius 3 is 2.73 bits per heavy atom. The fraction of sp³-hybridized carbons (Fsp3) is 0.304. The maximum absolute atomic E-state index is 13.5. The summed E-state index contributed by atoms with van der Waals surface area (Å²) in [5.74, 6) is 0.254. The van der Waals surface area contributed by atoms with E-state index in [4.69, 9.17) is 4.74 Å². The molecule has 2 amide bonds. The van der Waals surface area contributed by atoms with Crippen LogP contribution in [0.25, 0.3) is 10.8 Å². The van der Waals surface area contributed by atoms with Crippen LogP contribution < -0.4 is 10.1 Å². The minimum absolute atomic E-state index is 0.122. The van der Waals surface area contributed by atoms with Crippen LogP contribution >= 0.6 is 0 Å². The zero-order valence-electron chi connectivity index (χ0n) is 16.4. The number of hydrogen-bond acceptors (Lipinski definition) is 5. The van der Waals surface area contributed by atoms with Crippen LogP contribution in [0.3, 0.4) is 0 Å². The van der Waals surface area contributed by atoms with Gasteiger partial charge >= 0.3 is 0 Å². The first-order valence-corrected chi connectivity index (χ1v) is 10.2. The van der Waals surface area contributed by atoms with Gasteiger partial charge in [0.15, 0.2) is 0 Å². The van der Waals surface area contributed by atoms with Gasteiger partial charge in [0.25, 0.3) is 5.91 Å². The number of aromatic nitrogens is 2. The van der Waals surface area contributed by atoms with E-state index in [1.807, 2.05) is 36.4 Å². The highest BCUT2D eigenvalue weighted by Crippen LogP contribution is 2.28. The highest BCUT2D eigenvalue weighted by Gasteiger charge is 2.43. The van der Waals surface area contributed by atoms with E-state index in [0.29, 0.717) is 24.4 Å². The molecule has 0 spiro atoms. The molecule has 2 aromatic heterocycles. The highest BCUT2D eigenvalue weighted by atomic mass is 16.5. The smallest absolute Gasteiger partial charge is 0.273 e. The van der Waals surface area contributed by atoms with Gasteiger partial charge in [0, 0.05) is 30.2 Å². The van der Waals surface area contributed by atoms with Gasteiger partial charge in [0.2, 0.25) is 5.91 Å². The number of ether oxygens (including phenoxy) is 1. The zero-order valence-corrected chi connectivity index (χ0v) is 16.4. The molecule has 7 heteroatoms. The number of fused-ring (bicyclic) bond motifs is 1. The van der Waals surface area contributed by atoms with Gasteiger partial charge in [-0.15, -0.1) is 0 Å². The van der Waals surface area contributed by atoms with Gasteiger partial charge in [0.05, 0.1) is 12.7 Å². The van der Waals surface area contributed by atoms with Gasteiger partial charge in [-0.1, -0.05) is 24.3 Å². The van der Waals surface area contributed by atoms with Crippen LogP contribution in [0.5, 0.6) is 5.75 Å². The lowest BCUT2D eigenvalue weighted by Gasteiger charge is -2.23. The molecule has 1 N–H and O–H groups in total. The molecule has 7 nitrogen and oxygen atoms in total. The van der Waals surface area contributed by atoms with Crippen molar-refractivity contribution < 1.29 is 14.3 Å². The summed E-state index contributed by atoms with van der Waals surface area (Å²) in [6, 6.07) is 12.8. The van der Waals surface area contributed by atoms with Crippen molar-refractivity contribution in [3.05, 3.63) is 66.7 Å². The molecule has 1 aliphatic carbocycles. The van der Waals surface area contributed by atoms with Gasteiger partial charge in [-0.2, -0.15) is 0 Å². The normalized spacial score (nSPS) is 20.9. The SMILES string of the molecule is O=C(NC1CC1)[C@H]1C[C@@H](Oc2cccnc2)CN1C(=O)c1nccc2ccccc12. The maximum atomic E-state index is 13.5. The third-order valence-corrected chi connectivity index (χ3v) is 5.56. The van der Waals surface area contributed by atoms with E-state index >= 15 is 0 Å². The second-order valence-corrected chi connectivity index (χ2v) is 7.80. The molecule has 3 heterocycles. The molecule has 3 aromatic rings. The van der Waals surface area contributed by atoms with Crippen molar-refractivity contribution in [2.24, 2.45) is 0 Å². The van der Waals surface area contributed by atoms with E-state index in [2.05, 4.69) is 15.3 Å². The first-order valence-electron chi connectivity index (χ1n) is 10.2. The summed E-state index contributed by atoms with van der Waals surface area (Å²) in [5, 5.41) is 4.75. The number of likely N-dealkylation sites (tertiary alicyclic amines) is 1. The van der Waals surface area contributed by atoms with E-state index in [1.165, 1.54) is 0 Å². The molecule has 152 valence electrons. The monoisotopic (exact) mass is 402 g/mol. The Balaban J connectivity index is 1.43. The van der Waals surface area contributed by atoms with Gasteiger partial charge in [-0.3, -0.25) is 19.6 Å². The van der Waals surface area contributed by atoms with Crippen LogP contribution in [-0.2, 0) is 4.79 Å². The van der Waals surface area contributed by atoms with Gasteiger partial charge in [-0.05, 0) is 36.4 Å². The minimum Gasteiger partial charge on any atom is -0.487 e. The van der Waals surface area contributed by atoms with Crippen molar-refractivity contribution in [3.8, 4) is 5.75 Å². The number of nitrogens with one attached hydrogen (secondary N) is 1. The topological polar surface area (TPSA) is 84.4 Å². The average Bonchev–Trinajstić information content (AvgIpc) is 3.49. The molecule has 1 aliphatic heterocycles. The quantitative estimate of drug-likeness (QED) is 0.709. The van der Waals surface area contributed by atoms with Crippen molar-refractivity contribution in [2.75, 3.05) is 6.54 Å². The third-order valence-electron chi connectivity index (χ3n) is 5.56. The van der Waals surface area contributed by atoms with Gasteiger partial charge < -0.3 is 15.0 Å². The molecule has 2 fully saturated rings. The van der Waals surface area contributed by atoms with Crippen molar-refractivity contribution in [1.82, 2.24) is 20.2 Å². The molecular weight excluding hydrogens is 380 g/mol. The Morgan fingerprint density at radius 1 is 1.07 bits per heavy atom. The predicted molar refractivity (Wildman–Crippen MR) is 111 cm³/mol. The standard InChI is InChI=1S/C23H22N4O3/c28-22(26-16-7-8-16)20-12-18(30-17-5-3-10-24-13-17)14-27(20)23(29)21-19-6-2-1-4-15(19)9-11-25-21/h1-6,9-11,13,16,18,20H,7-8,12,14H2,(H,26,28)/t18-,20-/m1/s1. The molecule has 2 atom stereocenters. The van der Waals surface area contributed by atoms with Crippen LogP contribution in [0.15, 0.2) is 61.1 Å². The number of nitrogens with zero attached hydrogens (tertiary/aromatic N) is 3. The van der Waals surface area contributed by atoms with Gasteiger partial charge in [-0.25, -0.2) is 0 Å². The Kier molecular flexibility index (Phi) is 4.78. The number of carbonyl (C=O) groups is 2. The summed E-state index contributed by atoms with van der Waals surface area (Å²) in [7, 11) is 0. The molecule has 5 rings (SSSR count). The van der Waals surface area contributed by atoms with Crippen molar-refractivity contribution in [3.63, 3.8) is 0 Å². The van der Waals surface area contributed by atoms with E-state index in [9.17, 15) is 9.59 Å². The van der Waals surface area contributed by atoms with Crippen LogP contribution in [-0.4, -0.2) is 51.4 Å². The lowest BCUT2D eigenvalue weighted by molar-refractivity contribution is -0.125. The minimum atomic E-state index is -0.583. The lowest BCUT2D eigenvalue weighted by Crippen LogP contribution is -2.46. The number of carbonyl (C=O) groups excluding carboxylic acids is 2. The first-order chi connectivity index (χ1) is 14.7. The summed E-state index contributed by atoms with van der Waals surface area (Å²) in [6.07, 6.45) is 7.08. The zero-order chi connectivity index (χ0) is 20.5. The second-order valence-electron chi connectivity index (χ2n) is 7.80. The summed E-state index contributed by atoms with van der Waals surface area (Å²) in [5.41, 5.74) is 0.361. The summed E-state index contributed by atoms with van der Waals surface area (Å²) < 4.78 is 6.02. The Bertz CT molecular complexity index is 1080. The molecule has 0 radical (unpaired) electrons. The largest absolute Gasteiger partial charge is 0.487 e. The molecule has 1 saturated heterocycles. The number of benzene rings is 1. The predicted octanol–water partition coefficient (Wildman–Crippen LogP) is 2.57. The summed E-state index contributed by atoms with van der Waals surface area (Å²) >= 11 is 0. The van der Waals surface area contributed by atoms with Crippen LogP contribution in [0.2, 0.25) is 0 Å². The average molecular weight is 402 g/mol. The Morgan fingerprint density at radius 2 is 1.93 bits per heavy atom. The number of amides is 2. The van der Waals surface area contributed by atoms with Crippen molar-refractivity contribution in [1.29, 1.82) is 0 Å². The van der Waals surface area contributed by atoms with Crippen LogP contribution in [0.4, 0.5) is 0 Å². The third kappa shape index (κ3) is 3.70. The molecule has 1 aromatic carbocycles. The number of pyridine rings is 2. The molecular formula is C23H22N4O3. The molecule has 0 unspecified atom stereocenters. The fourth-order valence-electron chi connectivity index (χ4n) is 3.92. The lowest BCUT2D eigenvalue weighted by atomic mass is 10.1. The fourth-order valence-corrected chi connectivity index (χ4v) is 3.92. The molecule has 1 saturated carbocycles. The maximum Gasteiger partial charge on any atom is 0.273 e. The second kappa shape index (κ2) is 7.74. The van der Waals surface area contributed by atoms with Crippen molar-refractivity contribution >= 4 is 22.6 Å². The van der Waals surface area contributed by atoms with Gasteiger partial charge in [0.1, 0.15) is 23.6 Å². The van der Waals surface area contributed by atoms with E-state index in [-0.39, 0.29) is 24.0 Å². The Hall–Kier alpha value is -3.48. The number of rotatable bonds is 5. The molecule has 2 aliphatic rings. The molecule has 0 bridgehead atoms. The van der Waals surface area contributed by atoms with E-state index in [0.717, 1.165) is 23.6 Å². The van der Waals surface area contributed by atoms with E-state index < -0.39 is 6.04 Å². The highest BCUT2D eigenvalue weighted by molar-refractivity contribution is 6.06. The first kappa shape index (κ1) is 18.5. The summed E-state index contributed by atoms with van der Waals surface area (Å²) in [6.45, 7) is 0.321. The molecule has 30 heavy (non-hydrogen) atoms. The van der Waals surface area contributed by atoms with Crippen molar-refractivity contribution in [2.45, 2.75) is 37.5 Å².